The van der Waals surface area contributed by atoms with Crippen molar-refractivity contribution >= 4 is 23.1 Å². The lowest BCUT2D eigenvalue weighted by molar-refractivity contribution is -0.140. The maximum atomic E-state index is 11.2. The fraction of sp³-hybridized carbons (Fsp3) is 0.294. The van der Waals surface area contributed by atoms with Gasteiger partial charge in [0.15, 0.2) is 5.65 Å². The van der Waals surface area contributed by atoms with Crippen molar-refractivity contribution in [3.05, 3.63) is 30.6 Å². The smallest absolute Gasteiger partial charge is 0.308 e. The summed E-state index contributed by atoms with van der Waals surface area (Å²) in [5, 5.41) is 9.20. The molecule has 1 unspecified atom stereocenters. The maximum Gasteiger partial charge on any atom is 0.308 e. The van der Waals surface area contributed by atoms with Crippen molar-refractivity contribution in [3.8, 4) is 17.0 Å². The first kappa shape index (κ1) is 15.4. The van der Waals surface area contributed by atoms with E-state index in [2.05, 4.69) is 19.9 Å². The number of imidazole rings is 1. The van der Waals surface area contributed by atoms with Crippen molar-refractivity contribution in [2.45, 2.75) is 6.42 Å². The number of hydrogen-bond acceptors (Lipinski definition) is 6. The zero-order valence-electron chi connectivity index (χ0n) is 13.6. The molecule has 3 heterocycles. The first-order chi connectivity index (χ1) is 12.2. The molecular formula is C17H17N5O3. The number of nitrogens with one attached hydrogen (secondary N) is 1. The molecule has 0 amide bonds. The molecule has 1 aliphatic rings. The van der Waals surface area contributed by atoms with Crippen LogP contribution in [0.15, 0.2) is 30.6 Å². The van der Waals surface area contributed by atoms with E-state index in [-0.39, 0.29) is 5.92 Å². The number of fused-ring (bicyclic) bond motifs is 1. The van der Waals surface area contributed by atoms with Crippen molar-refractivity contribution in [3.63, 3.8) is 0 Å². The Bertz CT molecular complexity index is 922. The monoisotopic (exact) mass is 339 g/mol. The van der Waals surface area contributed by atoms with Crippen LogP contribution in [0.25, 0.3) is 22.4 Å². The maximum absolute atomic E-state index is 11.2. The molecule has 3 aromatic rings. The van der Waals surface area contributed by atoms with Crippen LogP contribution in [-0.2, 0) is 4.79 Å². The molecule has 1 aromatic carbocycles. The van der Waals surface area contributed by atoms with Gasteiger partial charge in [0.1, 0.15) is 17.0 Å². The Kier molecular flexibility index (Phi) is 3.72. The first-order valence-electron chi connectivity index (χ1n) is 7.99. The highest BCUT2D eigenvalue weighted by atomic mass is 16.5. The molecule has 1 atom stereocenters. The second kappa shape index (κ2) is 6.04. The molecule has 0 bridgehead atoms. The van der Waals surface area contributed by atoms with Gasteiger partial charge in [0, 0.05) is 18.7 Å². The van der Waals surface area contributed by atoms with Gasteiger partial charge in [-0.1, -0.05) is 0 Å². The Morgan fingerprint density at radius 2 is 2.12 bits per heavy atom. The summed E-state index contributed by atoms with van der Waals surface area (Å²) in [7, 11) is 1.62. The second-order valence-corrected chi connectivity index (χ2v) is 5.97. The summed E-state index contributed by atoms with van der Waals surface area (Å²) in [4.78, 5) is 29.6. The number of carboxylic acid groups (broad SMARTS) is 1. The van der Waals surface area contributed by atoms with Crippen molar-refractivity contribution < 1.29 is 14.6 Å². The standard InChI is InChI=1S/C17H17N5O3/c1-25-12-4-2-10(3-5-12)13-14-15(19-9-18-14)21-17(20-13)22-7-6-11(8-22)16(23)24/h2-5,9,11H,6-8H2,1H3,(H,23,24)(H,18,19,20,21). The average Bonchev–Trinajstić information content (AvgIpc) is 3.30. The van der Waals surface area contributed by atoms with Crippen molar-refractivity contribution in [1.29, 1.82) is 0 Å². The van der Waals surface area contributed by atoms with Gasteiger partial charge in [0.05, 0.1) is 19.4 Å². The van der Waals surface area contributed by atoms with Gasteiger partial charge in [0.25, 0.3) is 0 Å². The Hall–Kier alpha value is -3.16. The summed E-state index contributed by atoms with van der Waals surface area (Å²) in [5.41, 5.74) is 2.96. The predicted octanol–water partition coefficient (Wildman–Crippen LogP) is 1.94. The number of nitrogens with zero attached hydrogens (tertiary/aromatic N) is 4. The molecular weight excluding hydrogens is 322 g/mol. The van der Waals surface area contributed by atoms with E-state index < -0.39 is 5.97 Å². The molecule has 0 saturated carbocycles. The third-order valence-corrected chi connectivity index (χ3v) is 4.46. The second-order valence-electron chi connectivity index (χ2n) is 5.97. The Morgan fingerprint density at radius 3 is 2.80 bits per heavy atom. The zero-order chi connectivity index (χ0) is 17.4. The quantitative estimate of drug-likeness (QED) is 0.748. The molecule has 2 N–H and O–H groups in total. The first-order valence-corrected chi connectivity index (χ1v) is 7.99. The third kappa shape index (κ3) is 2.75. The number of carboxylic acids is 1. The summed E-state index contributed by atoms with van der Waals surface area (Å²) >= 11 is 0. The van der Waals surface area contributed by atoms with E-state index in [1.54, 1.807) is 13.4 Å². The van der Waals surface area contributed by atoms with E-state index in [1.807, 2.05) is 29.2 Å². The lowest BCUT2D eigenvalue weighted by atomic mass is 10.1. The van der Waals surface area contributed by atoms with Crippen LogP contribution in [-0.4, -0.2) is 51.2 Å². The molecule has 25 heavy (non-hydrogen) atoms. The summed E-state index contributed by atoms with van der Waals surface area (Å²) in [6.07, 6.45) is 2.18. The molecule has 4 rings (SSSR count). The van der Waals surface area contributed by atoms with E-state index in [1.165, 1.54) is 0 Å². The Balaban J connectivity index is 1.76. The molecule has 1 aliphatic heterocycles. The van der Waals surface area contributed by atoms with E-state index in [0.717, 1.165) is 22.5 Å². The average molecular weight is 339 g/mol. The van der Waals surface area contributed by atoms with E-state index in [9.17, 15) is 9.90 Å². The number of H-pyrrole nitrogens is 1. The highest BCUT2D eigenvalue weighted by molar-refractivity contribution is 5.88. The van der Waals surface area contributed by atoms with Gasteiger partial charge in [-0.25, -0.2) is 9.97 Å². The van der Waals surface area contributed by atoms with E-state index in [0.29, 0.717) is 31.1 Å². The zero-order valence-corrected chi connectivity index (χ0v) is 13.6. The summed E-state index contributed by atoms with van der Waals surface area (Å²) in [6.45, 7) is 1.03. The van der Waals surface area contributed by atoms with Gasteiger partial charge < -0.3 is 19.7 Å². The van der Waals surface area contributed by atoms with Crippen LogP contribution in [0.5, 0.6) is 5.75 Å². The Labute approximate surface area is 143 Å². The highest BCUT2D eigenvalue weighted by Crippen LogP contribution is 2.29. The number of aliphatic carboxylic acids is 1. The topological polar surface area (TPSA) is 104 Å². The minimum Gasteiger partial charge on any atom is -0.497 e. The predicted molar refractivity (Wildman–Crippen MR) is 91.6 cm³/mol. The molecule has 8 nitrogen and oxygen atoms in total. The Morgan fingerprint density at radius 1 is 1.32 bits per heavy atom. The van der Waals surface area contributed by atoms with Gasteiger partial charge in [-0.2, -0.15) is 4.98 Å². The van der Waals surface area contributed by atoms with Crippen LogP contribution < -0.4 is 9.64 Å². The number of ether oxygens (including phenoxy) is 1. The van der Waals surface area contributed by atoms with Crippen LogP contribution in [0.4, 0.5) is 5.95 Å². The summed E-state index contributed by atoms with van der Waals surface area (Å²) < 4.78 is 5.20. The minimum atomic E-state index is -0.779. The van der Waals surface area contributed by atoms with Gasteiger partial charge >= 0.3 is 5.97 Å². The van der Waals surface area contributed by atoms with Crippen molar-refractivity contribution in [2.75, 3.05) is 25.1 Å². The number of aromatic nitrogens is 4. The molecule has 128 valence electrons. The number of hydrogen-bond donors (Lipinski definition) is 2. The van der Waals surface area contributed by atoms with E-state index in [4.69, 9.17) is 4.74 Å². The van der Waals surface area contributed by atoms with Gasteiger partial charge in [0.2, 0.25) is 5.95 Å². The van der Waals surface area contributed by atoms with Gasteiger partial charge in [-0.15, -0.1) is 0 Å². The number of methoxy groups -OCH3 is 1. The molecule has 8 heteroatoms. The van der Waals surface area contributed by atoms with Crippen LogP contribution in [0.2, 0.25) is 0 Å². The third-order valence-electron chi connectivity index (χ3n) is 4.46. The largest absolute Gasteiger partial charge is 0.497 e. The van der Waals surface area contributed by atoms with Crippen LogP contribution in [0.1, 0.15) is 6.42 Å². The van der Waals surface area contributed by atoms with Crippen LogP contribution in [0.3, 0.4) is 0 Å². The molecule has 0 aliphatic carbocycles. The number of anilines is 1. The van der Waals surface area contributed by atoms with Crippen molar-refractivity contribution in [1.82, 2.24) is 19.9 Å². The molecule has 2 aromatic heterocycles. The normalized spacial score (nSPS) is 17.2. The molecule has 1 fully saturated rings. The number of carbonyl (C=O) groups is 1. The van der Waals surface area contributed by atoms with E-state index >= 15 is 0 Å². The summed E-state index contributed by atoms with van der Waals surface area (Å²) in [5.74, 6) is 0.110. The summed E-state index contributed by atoms with van der Waals surface area (Å²) in [6, 6.07) is 7.59. The fourth-order valence-corrected chi connectivity index (χ4v) is 3.06. The van der Waals surface area contributed by atoms with Crippen LogP contribution in [0, 0.1) is 5.92 Å². The van der Waals surface area contributed by atoms with Gasteiger partial charge in [-0.05, 0) is 30.7 Å². The lowest BCUT2D eigenvalue weighted by Crippen LogP contribution is -2.24. The molecule has 0 radical (unpaired) electrons. The lowest BCUT2D eigenvalue weighted by Gasteiger charge is -2.16. The SMILES string of the molecule is COc1ccc(-c2nc(N3CCC(C(=O)O)C3)nc3nc[nH]c23)cc1. The number of benzene rings is 1. The van der Waals surface area contributed by atoms with Crippen molar-refractivity contribution in [2.24, 2.45) is 5.92 Å². The fourth-order valence-electron chi connectivity index (χ4n) is 3.06. The molecule has 1 saturated heterocycles. The number of rotatable bonds is 4. The van der Waals surface area contributed by atoms with Gasteiger partial charge in [-0.3, -0.25) is 4.79 Å². The molecule has 0 spiro atoms. The van der Waals surface area contributed by atoms with Crippen LogP contribution >= 0.6 is 0 Å². The number of aromatic amines is 1. The highest BCUT2D eigenvalue weighted by Gasteiger charge is 2.30. The minimum absolute atomic E-state index is 0.386.